The van der Waals surface area contributed by atoms with Crippen LogP contribution in [0.4, 0.5) is 26.3 Å². The third kappa shape index (κ3) is 8.58. The molecule has 0 bridgehead atoms. The fraction of sp³-hybridized carbons (Fsp3) is 0.355. The highest BCUT2D eigenvalue weighted by Crippen LogP contribution is 2.30. The van der Waals surface area contributed by atoms with Crippen molar-refractivity contribution in [2.45, 2.75) is 64.7 Å². The highest BCUT2D eigenvalue weighted by molar-refractivity contribution is 5.84. The summed E-state index contributed by atoms with van der Waals surface area (Å²) in [5, 5.41) is 1.09. The number of ether oxygens (including phenoxy) is 2. The van der Waals surface area contributed by atoms with E-state index in [9.17, 15) is 22.0 Å². The van der Waals surface area contributed by atoms with Crippen LogP contribution in [0.25, 0.3) is 10.8 Å². The normalized spacial score (nSPS) is 11.7. The van der Waals surface area contributed by atoms with Crippen molar-refractivity contribution in [2.75, 3.05) is 6.61 Å². The summed E-state index contributed by atoms with van der Waals surface area (Å²) in [6.45, 7) is 2.80. The SMILES string of the molecule is CCCCCCOc1cnc(CCc2ccc3c(F)c(CCc4cc(F)c(OC(F)(F)F)c(F)c4)ccc3c2)nc1. The smallest absolute Gasteiger partial charge is 0.490 e. The molecule has 1 aromatic heterocycles. The van der Waals surface area contributed by atoms with E-state index in [1.165, 1.54) is 12.8 Å². The molecule has 0 N–H and O–H groups in total. The number of alkyl halides is 3. The molecule has 4 nitrogen and oxygen atoms in total. The molecule has 41 heavy (non-hydrogen) atoms. The minimum atomic E-state index is -5.22. The van der Waals surface area contributed by atoms with E-state index in [1.807, 2.05) is 12.1 Å². The van der Waals surface area contributed by atoms with Crippen molar-refractivity contribution in [3.05, 3.63) is 94.8 Å². The standard InChI is InChI=1S/C31H30F6N2O2/c1-2-3-4-5-14-40-24-18-38-28(39-19-24)13-8-20-7-12-25-23(15-20)11-10-22(29(25)34)9-6-21-16-26(32)30(27(33)17-21)41-31(35,36)37/h7,10-12,15-19H,2-6,8-9,13-14H2,1H3. The molecule has 4 rings (SSSR count). The van der Waals surface area contributed by atoms with Crippen LogP contribution in [0.5, 0.6) is 11.5 Å². The molecule has 3 aromatic carbocycles. The molecule has 0 radical (unpaired) electrons. The quantitative estimate of drug-likeness (QED) is 0.118. The van der Waals surface area contributed by atoms with Crippen LogP contribution >= 0.6 is 0 Å². The van der Waals surface area contributed by atoms with Crippen molar-refractivity contribution < 1.29 is 35.8 Å². The maximum absolute atomic E-state index is 15.2. The molecule has 0 aliphatic heterocycles. The largest absolute Gasteiger partial charge is 0.573 e. The van der Waals surface area contributed by atoms with Gasteiger partial charge in [0.15, 0.2) is 17.4 Å². The number of hydrogen-bond donors (Lipinski definition) is 0. The van der Waals surface area contributed by atoms with Gasteiger partial charge in [0.1, 0.15) is 11.6 Å². The van der Waals surface area contributed by atoms with Crippen LogP contribution in [-0.2, 0) is 25.7 Å². The van der Waals surface area contributed by atoms with Crippen LogP contribution in [0.2, 0.25) is 0 Å². The molecule has 0 saturated heterocycles. The lowest BCUT2D eigenvalue weighted by molar-refractivity contribution is -0.276. The van der Waals surface area contributed by atoms with Crippen molar-refractivity contribution >= 4 is 10.8 Å². The van der Waals surface area contributed by atoms with Crippen molar-refractivity contribution in [1.82, 2.24) is 9.97 Å². The molecule has 0 fully saturated rings. The van der Waals surface area contributed by atoms with E-state index in [2.05, 4.69) is 21.6 Å². The maximum atomic E-state index is 15.2. The van der Waals surface area contributed by atoms with E-state index in [4.69, 9.17) is 4.74 Å². The van der Waals surface area contributed by atoms with E-state index in [-0.39, 0.29) is 18.4 Å². The monoisotopic (exact) mass is 576 g/mol. The second-order valence-electron chi connectivity index (χ2n) is 9.77. The molecule has 0 aliphatic carbocycles. The molecule has 0 unspecified atom stereocenters. The molecular weight excluding hydrogens is 546 g/mol. The van der Waals surface area contributed by atoms with Gasteiger partial charge in [0.2, 0.25) is 5.75 Å². The van der Waals surface area contributed by atoms with Gasteiger partial charge >= 0.3 is 6.36 Å². The number of rotatable bonds is 13. The second kappa shape index (κ2) is 13.7. The van der Waals surface area contributed by atoms with Crippen molar-refractivity contribution in [2.24, 2.45) is 0 Å². The van der Waals surface area contributed by atoms with Crippen molar-refractivity contribution in [3.8, 4) is 11.5 Å². The molecule has 10 heteroatoms. The Morgan fingerprint density at radius 2 is 1.46 bits per heavy atom. The first-order valence-corrected chi connectivity index (χ1v) is 13.5. The zero-order valence-electron chi connectivity index (χ0n) is 22.5. The van der Waals surface area contributed by atoms with E-state index in [0.29, 0.717) is 47.4 Å². The van der Waals surface area contributed by atoms with Crippen LogP contribution < -0.4 is 9.47 Å². The van der Waals surface area contributed by atoms with Gasteiger partial charge in [0.05, 0.1) is 19.0 Å². The fourth-order valence-corrected chi connectivity index (χ4v) is 4.51. The van der Waals surface area contributed by atoms with E-state index in [1.54, 1.807) is 30.6 Å². The van der Waals surface area contributed by atoms with Crippen LogP contribution in [-0.4, -0.2) is 22.9 Å². The summed E-state index contributed by atoms with van der Waals surface area (Å²) in [5.74, 6) is -3.60. The zero-order valence-corrected chi connectivity index (χ0v) is 22.5. The lowest BCUT2D eigenvalue weighted by Gasteiger charge is -2.12. The third-order valence-electron chi connectivity index (χ3n) is 6.64. The Kier molecular flexibility index (Phi) is 10.1. The summed E-state index contributed by atoms with van der Waals surface area (Å²) in [7, 11) is 0. The van der Waals surface area contributed by atoms with Crippen LogP contribution in [0.3, 0.4) is 0 Å². The van der Waals surface area contributed by atoms with Gasteiger partial charge in [-0.25, -0.2) is 23.1 Å². The summed E-state index contributed by atoms with van der Waals surface area (Å²) in [6, 6.07) is 10.3. The Balaban J connectivity index is 1.34. The van der Waals surface area contributed by atoms with Crippen molar-refractivity contribution in [1.29, 1.82) is 0 Å². The van der Waals surface area contributed by atoms with Gasteiger partial charge < -0.3 is 9.47 Å². The second-order valence-corrected chi connectivity index (χ2v) is 9.77. The lowest BCUT2D eigenvalue weighted by Crippen LogP contribution is -2.19. The predicted molar refractivity (Wildman–Crippen MR) is 143 cm³/mol. The molecule has 0 saturated carbocycles. The number of fused-ring (bicyclic) bond motifs is 1. The van der Waals surface area contributed by atoms with Gasteiger partial charge in [0, 0.05) is 11.8 Å². The minimum Gasteiger partial charge on any atom is -0.490 e. The van der Waals surface area contributed by atoms with Crippen LogP contribution in [0, 0.1) is 17.5 Å². The number of halogens is 6. The third-order valence-corrected chi connectivity index (χ3v) is 6.64. The van der Waals surface area contributed by atoms with Crippen LogP contribution in [0.15, 0.2) is 54.9 Å². The maximum Gasteiger partial charge on any atom is 0.573 e. The zero-order chi connectivity index (χ0) is 29.4. The number of nitrogens with zero attached hydrogens (tertiary/aromatic N) is 2. The highest BCUT2D eigenvalue weighted by atomic mass is 19.4. The Hall–Kier alpha value is -3.82. The first-order valence-electron chi connectivity index (χ1n) is 13.5. The topological polar surface area (TPSA) is 44.2 Å². The van der Waals surface area contributed by atoms with Gasteiger partial charge in [-0.1, -0.05) is 56.5 Å². The summed E-state index contributed by atoms with van der Waals surface area (Å²) in [6.07, 6.45) is 3.99. The van der Waals surface area contributed by atoms with E-state index < -0.39 is 29.6 Å². The average molecular weight is 577 g/mol. The first-order chi connectivity index (χ1) is 19.6. The average Bonchev–Trinajstić information content (AvgIpc) is 2.93. The Morgan fingerprint density at radius 1 is 0.756 bits per heavy atom. The van der Waals surface area contributed by atoms with Gasteiger partial charge in [0.25, 0.3) is 0 Å². The van der Waals surface area contributed by atoms with Crippen LogP contribution in [0.1, 0.15) is 55.1 Å². The fourth-order valence-electron chi connectivity index (χ4n) is 4.51. The molecule has 4 aromatic rings. The van der Waals surface area contributed by atoms with E-state index in [0.717, 1.165) is 30.5 Å². The number of benzene rings is 3. The van der Waals surface area contributed by atoms with Gasteiger partial charge in [-0.15, -0.1) is 13.2 Å². The molecule has 0 aliphatic rings. The number of unbranched alkanes of at least 4 members (excludes halogenated alkanes) is 3. The minimum absolute atomic E-state index is 0.0172. The molecule has 0 amide bonds. The van der Waals surface area contributed by atoms with Gasteiger partial charge in [-0.2, -0.15) is 0 Å². The molecular formula is C31H30F6N2O2. The first kappa shape index (κ1) is 30.1. The number of aromatic nitrogens is 2. The predicted octanol–water partition coefficient (Wildman–Crippen LogP) is 8.48. The number of aryl methyl sites for hydroxylation is 4. The Labute approximate surface area is 234 Å². The lowest BCUT2D eigenvalue weighted by atomic mass is 9.98. The highest BCUT2D eigenvalue weighted by Gasteiger charge is 2.34. The van der Waals surface area contributed by atoms with Crippen molar-refractivity contribution in [3.63, 3.8) is 0 Å². The molecule has 0 atom stereocenters. The Morgan fingerprint density at radius 3 is 2.15 bits per heavy atom. The molecule has 1 heterocycles. The summed E-state index contributed by atoms with van der Waals surface area (Å²) in [4.78, 5) is 8.75. The number of hydrogen-bond acceptors (Lipinski definition) is 4. The summed E-state index contributed by atoms with van der Waals surface area (Å²) < 4.78 is 89.4. The molecule has 218 valence electrons. The van der Waals surface area contributed by atoms with Gasteiger partial charge in [-0.3, -0.25) is 0 Å². The summed E-state index contributed by atoms with van der Waals surface area (Å²) >= 11 is 0. The Bertz CT molecular complexity index is 1430. The van der Waals surface area contributed by atoms with E-state index >= 15 is 4.39 Å². The summed E-state index contributed by atoms with van der Waals surface area (Å²) in [5.41, 5.74) is 1.39. The van der Waals surface area contributed by atoms with Gasteiger partial charge in [-0.05, 0) is 59.9 Å². The molecule has 0 spiro atoms.